The number of methoxy groups -OCH3 is 1. The molecular formula is C13H17F2NO2. The lowest BCUT2D eigenvalue weighted by atomic mass is 10.1. The van der Waals surface area contributed by atoms with E-state index in [-0.39, 0.29) is 23.9 Å². The van der Waals surface area contributed by atoms with Gasteiger partial charge in [0.05, 0.1) is 13.2 Å². The molecule has 0 spiro atoms. The fourth-order valence-corrected chi connectivity index (χ4v) is 2.04. The first-order valence-electron chi connectivity index (χ1n) is 6.01. The van der Waals surface area contributed by atoms with Gasteiger partial charge in [0.15, 0.2) is 0 Å². The Kier molecular flexibility index (Phi) is 4.14. The molecule has 0 amide bonds. The second-order valence-electron chi connectivity index (χ2n) is 4.48. The van der Waals surface area contributed by atoms with E-state index in [1.54, 1.807) is 12.0 Å². The molecule has 0 unspecified atom stereocenters. The first-order valence-corrected chi connectivity index (χ1v) is 6.01. The van der Waals surface area contributed by atoms with Gasteiger partial charge in [0.2, 0.25) is 0 Å². The largest absolute Gasteiger partial charge is 0.392 e. The third-order valence-electron chi connectivity index (χ3n) is 3.07. The maximum Gasteiger partial charge on any atom is 0.149 e. The Bertz CT molecular complexity index is 398. The molecule has 0 radical (unpaired) electrons. The van der Waals surface area contributed by atoms with Crippen molar-refractivity contribution in [3.05, 3.63) is 29.3 Å². The van der Waals surface area contributed by atoms with E-state index in [0.717, 1.165) is 12.8 Å². The number of ether oxygens (including phenoxy) is 1. The quantitative estimate of drug-likeness (QED) is 0.847. The molecule has 0 heterocycles. The Morgan fingerprint density at radius 1 is 1.33 bits per heavy atom. The maximum absolute atomic E-state index is 13.9. The van der Waals surface area contributed by atoms with Crippen LogP contribution in [0.25, 0.3) is 0 Å². The van der Waals surface area contributed by atoms with Gasteiger partial charge in [0.25, 0.3) is 0 Å². The van der Waals surface area contributed by atoms with Crippen LogP contribution in [0.4, 0.5) is 14.5 Å². The van der Waals surface area contributed by atoms with Crippen LogP contribution in [-0.4, -0.2) is 31.4 Å². The van der Waals surface area contributed by atoms with Crippen LogP contribution in [0.3, 0.4) is 0 Å². The first-order chi connectivity index (χ1) is 8.67. The van der Waals surface area contributed by atoms with Crippen molar-refractivity contribution >= 4 is 5.69 Å². The average molecular weight is 257 g/mol. The summed E-state index contributed by atoms with van der Waals surface area (Å²) in [7, 11) is 1.56. The molecule has 100 valence electrons. The molecule has 0 aliphatic heterocycles. The molecule has 1 fully saturated rings. The van der Waals surface area contributed by atoms with Crippen molar-refractivity contribution in [2.24, 2.45) is 0 Å². The summed E-state index contributed by atoms with van der Waals surface area (Å²) in [5.74, 6) is -1.25. The fourth-order valence-electron chi connectivity index (χ4n) is 2.04. The van der Waals surface area contributed by atoms with E-state index >= 15 is 0 Å². The predicted molar refractivity (Wildman–Crippen MR) is 64.5 cm³/mol. The number of benzene rings is 1. The van der Waals surface area contributed by atoms with E-state index in [2.05, 4.69) is 0 Å². The third-order valence-corrected chi connectivity index (χ3v) is 3.07. The van der Waals surface area contributed by atoms with Crippen LogP contribution >= 0.6 is 0 Å². The molecule has 3 nitrogen and oxygen atoms in total. The lowest BCUT2D eigenvalue weighted by Crippen LogP contribution is -2.31. The van der Waals surface area contributed by atoms with Crippen molar-refractivity contribution in [3.63, 3.8) is 0 Å². The highest BCUT2D eigenvalue weighted by Gasteiger charge is 2.32. The number of nitrogens with zero attached hydrogens (tertiary/aromatic N) is 1. The second kappa shape index (κ2) is 5.63. The molecule has 0 atom stereocenters. The van der Waals surface area contributed by atoms with Crippen molar-refractivity contribution < 1.29 is 18.6 Å². The third kappa shape index (κ3) is 2.79. The minimum Gasteiger partial charge on any atom is -0.392 e. The molecule has 0 bridgehead atoms. The lowest BCUT2D eigenvalue weighted by molar-refractivity contribution is 0.204. The van der Waals surface area contributed by atoms with Crippen LogP contribution in [0, 0.1) is 11.6 Å². The van der Waals surface area contributed by atoms with Crippen LogP contribution in [0.15, 0.2) is 12.1 Å². The van der Waals surface area contributed by atoms with E-state index in [4.69, 9.17) is 9.84 Å². The van der Waals surface area contributed by atoms with E-state index in [0.29, 0.717) is 13.2 Å². The molecule has 1 aromatic carbocycles. The number of anilines is 1. The van der Waals surface area contributed by atoms with E-state index < -0.39 is 11.6 Å². The Hall–Kier alpha value is -1.20. The standard InChI is InChI=1S/C13H17F2NO2/c1-18-5-4-16(10-2-3-10)13-11(14)6-9(8-17)7-12(13)15/h6-7,10,17H,2-5,8H2,1H3. The molecule has 1 aromatic rings. The molecule has 1 saturated carbocycles. The zero-order valence-electron chi connectivity index (χ0n) is 10.3. The maximum atomic E-state index is 13.9. The highest BCUT2D eigenvalue weighted by Crippen LogP contribution is 2.35. The average Bonchev–Trinajstić information content (AvgIpc) is 3.16. The lowest BCUT2D eigenvalue weighted by Gasteiger charge is -2.25. The van der Waals surface area contributed by atoms with Crippen LogP contribution < -0.4 is 4.90 Å². The van der Waals surface area contributed by atoms with E-state index in [9.17, 15) is 8.78 Å². The molecule has 1 aliphatic carbocycles. The van der Waals surface area contributed by atoms with E-state index in [1.165, 1.54) is 12.1 Å². The molecule has 1 N–H and O–H groups in total. The van der Waals surface area contributed by atoms with Gasteiger partial charge in [0, 0.05) is 19.7 Å². The Morgan fingerprint density at radius 3 is 2.39 bits per heavy atom. The summed E-state index contributed by atoms with van der Waals surface area (Å²) in [5, 5.41) is 8.91. The zero-order chi connectivity index (χ0) is 13.1. The zero-order valence-corrected chi connectivity index (χ0v) is 10.3. The number of hydrogen-bond donors (Lipinski definition) is 1. The molecule has 18 heavy (non-hydrogen) atoms. The Labute approximate surface area is 105 Å². The molecule has 5 heteroatoms. The molecule has 0 saturated heterocycles. The smallest absolute Gasteiger partial charge is 0.149 e. The van der Waals surface area contributed by atoms with Gasteiger partial charge in [0.1, 0.15) is 17.3 Å². The second-order valence-corrected chi connectivity index (χ2v) is 4.48. The molecule has 2 rings (SSSR count). The minimum absolute atomic E-state index is 0.00764. The summed E-state index contributed by atoms with van der Waals surface area (Å²) in [5.41, 5.74) is 0.239. The summed E-state index contributed by atoms with van der Waals surface area (Å²) < 4.78 is 32.8. The van der Waals surface area contributed by atoms with Gasteiger partial charge in [-0.25, -0.2) is 8.78 Å². The van der Waals surface area contributed by atoms with Crippen LogP contribution in [-0.2, 0) is 11.3 Å². The van der Waals surface area contributed by atoms with Gasteiger partial charge in [-0.2, -0.15) is 0 Å². The minimum atomic E-state index is -0.623. The molecule has 0 aromatic heterocycles. The topological polar surface area (TPSA) is 32.7 Å². The SMILES string of the molecule is COCCN(c1c(F)cc(CO)cc1F)C1CC1. The number of halogens is 2. The Morgan fingerprint density at radius 2 is 1.94 bits per heavy atom. The van der Waals surface area contributed by atoms with Gasteiger partial charge >= 0.3 is 0 Å². The fraction of sp³-hybridized carbons (Fsp3) is 0.538. The first kappa shape index (κ1) is 13.2. The number of rotatable bonds is 6. The van der Waals surface area contributed by atoms with Crippen molar-refractivity contribution in [2.75, 3.05) is 25.2 Å². The van der Waals surface area contributed by atoms with Crippen molar-refractivity contribution in [1.29, 1.82) is 0 Å². The summed E-state index contributed by atoms with van der Waals surface area (Å²) in [6.45, 7) is 0.528. The summed E-state index contributed by atoms with van der Waals surface area (Å²) in [6.07, 6.45) is 1.90. The normalized spacial score (nSPS) is 14.9. The van der Waals surface area contributed by atoms with Gasteiger partial charge in [-0.05, 0) is 30.5 Å². The van der Waals surface area contributed by atoms with Gasteiger partial charge in [-0.15, -0.1) is 0 Å². The van der Waals surface area contributed by atoms with Crippen molar-refractivity contribution in [3.8, 4) is 0 Å². The van der Waals surface area contributed by atoms with Crippen LogP contribution in [0.1, 0.15) is 18.4 Å². The van der Waals surface area contributed by atoms with Crippen molar-refractivity contribution in [1.82, 2.24) is 0 Å². The number of hydrogen-bond acceptors (Lipinski definition) is 3. The monoisotopic (exact) mass is 257 g/mol. The van der Waals surface area contributed by atoms with Crippen LogP contribution in [0.2, 0.25) is 0 Å². The van der Waals surface area contributed by atoms with Crippen LogP contribution in [0.5, 0.6) is 0 Å². The molecule has 1 aliphatic rings. The van der Waals surface area contributed by atoms with Gasteiger partial charge in [-0.1, -0.05) is 0 Å². The Balaban J connectivity index is 2.28. The number of aliphatic hydroxyl groups excluding tert-OH is 1. The summed E-state index contributed by atoms with van der Waals surface area (Å²) in [4.78, 5) is 1.72. The molecular weight excluding hydrogens is 240 g/mol. The highest BCUT2D eigenvalue weighted by atomic mass is 19.1. The number of aliphatic hydroxyl groups is 1. The highest BCUT2D eigenvalue weighted by molar-refractivity contribution is 5.52. The van der Waals surface area contributed by atoms with E-state index in [1.807, 2.05) is 0 Å². The van der Waals surface area contributed by atoms with Crippen molar-refractivity contribution in [2.45, 2.75) is 25.5 Å². The summed E-state index contributed by atoms with van der Waals surface area (Å²) in [6, 6.07) is 2.56. The summed E-state index contributed by atoms with van der Waals surface area (Å²) >= 11 is 0. The predicted octanol–water partition coefficient (Wildman–Crippen LogP) is 2.07. The van der Waals surface area contributed by atoms with Gasteiger partial charge < -0.3 is 14.7 Å². The van der Waals surface area contributed by atoms with Gasteiger partial charge in [-0.3, -0.25) is 0 Å².